The molecule has 80 valence electrons. The summed E-state index contributed by atoms with van der Waals surface area (Å²) in [5, 5.41) is 0.453. The van der Waals surface area contributed by atoms with Crippen LogP contribution < -0.4 is 26.9 Å². The van der Waals surface area contributed by atoms with Gasteiger partial charge in [0, 0.05) is 0 Å². The molecule has 0 spiro atoms. The zero-order valence-electron chi connectivity index (χ0n) is 7.40. The summed E-state index contributed by atoms with van der Waals surface area (Å²) in [6, 6.07) is -0.192. The third kappa shape index (κ3) is 2.66. The number of nitrogens with zero attached hydrogens (tertiary/aromatic N) is 1. The second-order valence-electron chi connectivity index (χ2n) is 2.96. The van der Waals surface area contributed by atoms with Crippen LogP contribution in [0.3, 0.4) is 0 Å². The Balaban J connectivity index is 1.93. The van der Waals surface area contributed by atoms with Crippen LogP contribution in [0, 0.1) is 0 Å². The Hall–Kier alpha value is 0.310. The molecule has 3 unspecified atom stereocenters. The summed E-state index contributed by atoms with van der Waals surface area (Å²) in [5.41, 5.74) is 5.81. The molecule has 6 heteroatoms. The van der Waals surface area contributed by atoms with Crippen molar-refractivity contribution >= 4 is 16.8 Å². The topological polar surface area (TPSA) is 56.8 Å². The maximum atomic E-state index is 5.81. The van der Waals surface area contributed by atoms with E-state index >= 15 is 0 Å². The quantitative estimate of drug-likeness (QED) is 0.442. The number of aliphatic imine (C=N–C) groups is 1. The van der Waals surface area contributed by atoms with E-state index in [0.717, 1.165) is 4.61 Å². The predicted octanol–water partition coefficient (Wildman–Crippen LogP) is -2.73. The second-order valence-corrected chi connectivity index (χ2v) is 6.24. The number of ether oxygens (including phenoxy) is 2. The number of dihydropyridines is 1. The first-order valence-electron chi connectivity index (χ1n) is 4.24. The fourth-order valence-corrected chi connectivity index (χ4v) is 3.28. The monoisotopic (exact) mass is 329 g/mol. The van der Waals surface area contributed by atoms with Gasteiger partial charge >= 0.3 is 97.9 Å². The Bertz CT molecular complexity index is 266. The first-order valence-corrected chi connectivity index (χ1v) is 7.38. The van der Waals surface area contributed by atoms with Crippen LogP contribution in [-0.2, 0) is 9.47 Å². The third-order valence-corrected chi connectivity index (χ3v) is 4.54. The molecule has 1 fully saturated rings. The van der Waals surface area contributed by atoms with Crippen LogP contribution in [-0.4, -0.2) is 32.8 Å². The molecule has 3 atom stereocenters. The molecule has 2 rings (SSSR count). The molecule has 14 heavy (non-hydrogen) atoms. The Morgan fingerprint density at radius 2 is 2.57 bits per heavy atom. The standard InChI is InChI=1S/C8H11ClIN2O2/c9-6-2-1-5(11)8(12-6)14-7-3-13-4-10-7/h1-2,5,7-8H,3-4,11H2/q-1. The van der Waals surface area contributed by atoms with Crippen LogP contribution in [0.5, 0.6) is 0 Å². The molecule has 0 saturated carbocycles. The van der Waals surface area contributed by atoms with E-state index < -0.39 is 0 Å². The van der Waals surface area contributed by atoms with Crippen molar-refractivity contribution in [2.24, 2.45) is 10.7 Å². The van der Waals surface area contributed by atoms with E-state index in [1.807, 2.05) is 6.08 Å². The van der Waals surface area contributed by atoms with Gasteiger partial charge in [-0.1, -0.05) is 0 Å². The number of allylic oxidation sites excluding steroid dienone is 1. The molecule has 2 aliphatic heterocycles. The maximum absolute atomic E-state index is 5.81. The van der Waals surface area contributed by atoms with Gasteiger partial charge in [0.25, 0.3) is 0 Å². The fraction of sp³-hybridized carbons (Fsp3) is 0.625. The van der Waals surface area contributed by atoms with Crippen molar-refractivity contribution in [3.63, 3.8) is 0 Å². The van der Waals surface area contributed by atoms with Crippen LogP contribution in [0.1, 0.15) is 0 Å². The zero-order chi connectivity index (χ0) is 9.97. The molecule has 0 aromatic heterocycles. The summed E-state index contributed by atoms with van der Waals surface area (Å²) < 4.78 is 12.0. The van der Waals surface area contributed by atoms with Crippen LogP contribution in [0.4, 0.5) is 0 Å². The van der Waals surface area contributed by atoms with Gasteiger partial charge in [0.1, 0.15) is 0 Å². The zero-order valence-corrected chi connectivity index (χ0v) is 10.3. The molecule has 0 bridgehead atoms. The Morgan fingerprint density at radius 3 is 3.29 bits per heavy atom. The van der Waals surface area contributed by atoms with Crippen LogP contribution >= 0.6 is 11.6 Å². The molecule has 0 aromatic carbocycles. The average molecular weight is 330 g/mol. The predicted molar refractivity (Wildman–Crippen MR) is 49.9 cm³/mol. The summed E-state index contributed by atoms with van der Waals surface area (Å²) in [7, 11) is 0. The van der Waals surface area contributed by atoms with Crippen molar-refractivity contribution in [3.05, 3.63) is 12.2 Å². The summed E-state index contributed by atoms with van der Waals surface area (Å²) >= 11 is 5.75. The Kier molecular flexibility index (Phi) is 3.78. The van der Waals surface area contributed by atoms with Gasteiger partial charge < -0.3 is 0 Å². The first kappa shape index (κ1) is 10.8. The van der Waals surface area contributed by atoms with E-state index in [4.69, 9.17) is 26.8 Å². The van der Waals surface area contributed by atoms with Gasteiger partial charge in [-0.15, -0.1) is 0 Å². The molecular weight excluding hydrogens is 318 g/mol. The van der Waals surface area contributed by atoms with Gasteiger partial charge in [0.05, 0.1) is 0 Å². The van der Waals surface area contributed by atoms with Crippen molar-refractivity contribution < 1.29 is 30.7 Å². The molecule has 0 aromatic rings. The number of hydrogen-bond donors (Lipinski definition) is 1. The number of nitrogens with two attached hydrogens (primary N) is 1. The summed E-state index contributed by atoms with van der Waals surface area (Å²) in [6.45, 7) is 0.674. The molecule has 0 radical (unpaired) electrons. The SMILES string of the molecule is NC1C=CC(Cl)=NC1OC1COC[I-]1. The van der Waals surface area contributed by atoms with Crippen LogP contribution in [0.2, 0.25) is 0 Å². The van der Waals surface area contributed by atoms with Gasteiger partial charge in [-0.05, 0) is 0 Å². The molecule has 0 aliphatic carbocycles. The molecule has 2 N–H and O–H groups in total. The molecular formula is C8H11ClIN2O2-. The van der Waals surface area contributed by atoms with Crippen molar-refractivity contribution in [1.82, 2.24) is 0 Å². The molecule has 2 aliphatic rings. The van der Waals surface area contributed by atoms with Crippen molar-refractivity contribution in [3.8, 4) is 0 Å². The fourth-order valence-electron chi connectivity index (χ4n) is 1.18. The minimum atomic E-state index is -0.334. The van der Waals surface area contributed by atoms with Gasteiger partial charge in [-0.25, -0.2) is 0 Å². The Morgan fingerprint density at radius 1 is 1.71 bits per heavy atom. The van der Waals surface area contributed by atoms with E-state index in [-0.39, 0.29) is 37.6 Å². The second kappa shape index (κ2) is 4.89. The number of rotatable bonds is 2. The number of halogens is 2. The molecule has 0 amide bonds. The van der Waals surface area contributed by atoms with Crippen LogP contribution in [0.25, 0.3) is 0 Å². The van der Waals surface area contributed by atoms with Gasteiger partial charge in [0.2, 0.25) is 0 Å². The van der Waals surface area contributed by atoms with Crippen molar-refractivity contribution in [2.75, 3.05) is 11.2 Å². The van der Waals surface area contributed by atoms with Crippen molar-refractivity contribution in [1.29, 1.82) is 0 Å². The summed E-state index contributed by atoms with van der Waals surface area (Å²) in [4.78, 5) is 4.14. The van der Waals surface area contributed by atoms with Crippen LogP contribution in [0.15, 0.2) is 17.1 Å². The van der Waals surface area contributed by atoms with E-state index in [9.17, 15) is 0 Å². The van der Waals surface area contributed by atoms with Crippen molar-refractivity contribution in [2.45, 2.75) is 16.4 Å². The number of hydrogen-bond acceptors (Lipinski definition) is 4. The van der Waals surface area contributed by atoms with Gasteiger partial charge in [-0.2, -0.15) is 0 Å². The third-order valence-electron chi connectivity index (χ3n) is 1.88. The summed E-state index contributed by atoms with van der Waals surface area (Å²) in [6.07, 6.45) is 3.18. The molecule has 4 nitrogen and oxygen atoms in total. The average Bonchev–Trinajstić information content (AvgIpc) is 2.64. The Labute approximate surface area is 97.7 Å². The molecule has 2 heterocycles. The van der Waals surface area contributed by atoms with E-state index in [1.165, 1.54) is 0 Å². The normalized spacial score (nSPS) is 37.9. The van der Waals surface area contributed by atoms with E-state index in [0.29, 0.717) is 11.8 Å². The van der Waals surface area contributed by atoms with E-state index in [2.05, 4.69) is 4.99 Å². The molecule has 1 saturated heterocycles. The van der Waals surface area contributed by atoms with E-state index in [1.54, 1.807) is 6.08 Å². The minimum absolute atomic E-state index is 0.0211. The van der Waals surface area contributed by atoms with Gasteiger partial charge in [-0.3, -0.25) is 0 Å². The number of alkyl halides is 2. The summed E-state index contributed by atoms with van der Waals surface area (Å²) in [5.74, 6) is 0. The van der Waals surface area contributed by atoms with Gasteiger partial charge in [0.15, 0.2) is 0 Å². The first-order chi connectivity index (χ1) is 6.75.